The van der Waals surface area contributed by atoms with E-state index in [1.54, 1.807) is 16.7 Å². The fourth-order valence-electron chi connectivity index (χ4n) is 3.79. The number of nitrogens with zero attached hydrogens (tertiary/aromatic N) is 2. The van der Waals surface area contributed by atoms with Crippen LogP contribution in [0.5, 0.6) is 0 Å². The maximum Gasteiger partial charge on any atom is 0.244 e. The van der Waals surface area contributed by atoms with Gasteiger partial charge in [-0.25, -0.2) is 8.42 Å². The van der Waals surface area contributed by atoms with Crippen LogP contribution in [0.4, 0.5) is 0 Å². The summed E-state index contributed by atoms with van der Waals surface area (Å²) in [7, 11) is -3.53. The molecule has 1 saturated heterocycles. The van der Waals surface area contributed by atoms with Crippen molar-refractivity contribution in [2.24, 2.45) is 0 Å². The van der Waals surface area contributed by atoms with Gasteiger partial charge < -0.3 is 0 Å². The Labute approximate surface area is 144 Å². The first-order valence-electron chi connectivity index (χ1n) is 8.41. The van der Waals surface area contributed by atoms with Crippen molar-refractivity contribution in [1.29, 1.82) is 0 Å². The lowest BCUT2D eigenvalue weighted by molar-refractivity contribution is 0.255. The van der Waals surface area contributed by atoms with Gasteiger partial charge in [-0.2, -0.15) is 4.31 Å². The molecular formula is C19H24N2O2S. The van der Waals surface area contributed by atoms with Crippen LogP contribution < -0.4 is 0 Å². The summed E-state index contributed by atoms with van der Waals surface area (Å²) in [6, 6.07) is 7.61. The first-order chi connectivity index (χ1) is 11.4. The van der Waals surface area contributed by atoms with Crippen LogP contribution >= 0.6 is 0 Å². The highest BCUT2D eigenvalue weighted by molar-refractivity contribution is 7.89. The van der Waals surface area contributed by atoms with Crippen molar-refractivity contribution in [3.05, 3.63) is 58.9 Å². The van der Waals surface area contributed by atoms with E-state index in [9.17, 15) is 8.42 Å². The quantitative estimate of drug-likeness (QED) is 0.848. The molecule has 0 unspecified atom stereocenters. The molecule has 5 heteroatoms. The fourth-order valence-corrected chi connectivity index (χ4v) is 5.89. The van der Waals surface area contributed by atoms with Gasteiger partial charge in [-0.15, -0.1) is 0 Å². The summed E-state index contributed by atoms with van der Waals surface area (Å²) < 4.78 is 28.5. The first kappa shape index (κ1) is 17.1. The minimum absolute atomic E-state index is 0.127. The summed E-state index contributed by atoms with van der Waals surface area (Å²) in [5.41, 5.74) is 3.71. The van der Waals surface area contributed by atoms with Gasteiger partial charge in [0.25, 0.3) is 0 Å². The van der Waals surface area contributed by atoms with Crippen molar-refractivity contribution < 1.29 is 8.42 Å². The van der Waals surface area contributed by atoms with Gasteiger partial charge in [-0.05, 0) is 56.4 Å². The molecule has 4 nitrogen and oxygen atoms in total. The van der Waals surface area contributed by atoms with Crippen LogP contribution in [0.2, 0.25) is 0 Å². The Balaban J connectivity index is 2.08. The summed E-state index contributed by atoms with van der Waals surface area (Å²) in [4.78, 5) is 4.64. The van der Waals surface area contributed by atoms with E-state index >= 15 is 0 Å². The van der Waals surface area contributed by atoms with Gasteiger partial charge in [-0.1, -0.05) is 30.2 Å². The van der Waals surface area contributed by atoms with Crippen molar-refractivity contribution in [3.8, 4) is 0 Å². The van der Waals surface area contributed by atoms with Crippen LogP contribution in [0.3, 0.4) is 0 Å². The molecule has 24 heavy (non-hydrogen) atoms. The molecule has 1 aromatic heterocycles. The molecule has 0 spiro atoms. The monoisotopic (exact) mass is 344 g/mol. The van der Waals surface area contributed by atoms with E-state index in [2.05, 4.69) is 4.98 Å². The van der Waals surface area contributed by atoms with Crippen LogP contribution in [0, 0.1) is 20.8 Å². The highest BCUT2D eigenvalue weighted by atomic mass is 32.2. The summed E-state index contributed by atoms with van der Waals surface area (Å²) in [5.74, 6) is 0. The zero-order valence-corrected chi connectivity index (χ0v) is 15.3. The van der Waals surface area contributed by atoms with E-state index in [4.69, 9.17) is 0 Å². The Morgan fingerprint density at radius 1 is 1.12 bits per heavy atom. The number of piperidine rings is 1. The predicted octanol–water partition coefficient (Wildman–Crippen LogP) is 3.92. The third-order valence-corrected chi connectivity index (χ3v) is 6.91. The molecule has 3 rings (SSSR count). The zero-order chi connectivity index (χ0) is 17.3. The third kappa shape index (κ3) is 3.10. The predicted molar refractivity (Wildman–Crippen MR) is 95.4 cm³/mol. The average molecular weight is 344 g/mol. The molecule has 128 valence electrons. The van der Waals surface area contributed by atoms with Crippen molar-refractivity contribution >= 4 is 10.0 Å². The largest absolute Gasteiger partial charge is 0.264 e. The fraction of sp³-hybridized carbons (Fsp3) is 0.421. The molecule has 0 N–H and O–H groups in total. The van der Waals surface area contributed by atoms with Crippen molar-refractivity contribution in [2.75, 3.05) is 6.54 Å². The second kappa shape index (κ2) is 6.65. The van der Waals surface area contributed by atoms with Crippen LogP contribution in [-0.4, -0.2) is 24.3 Å². The van der Waals surface area contributed by atoms with Gasteiger partial charge in [0.2, 0.25) is 10.0 Å². The molecule has 0 amide bonds. The first-order valence-corrected chi connectivity index (χ1v) is 9.85. The number of rotatable bonds is 3. The topological polar surface area (TPSA) is 50.3 Å². The highest BCUT2D eigenvalue weighted by Crippen LogP contribution is 2.36. The molecule has 2 aromatic rings. The second-order valence-corrected chi connectivity index (χ2v) is 8.47. The Morgan fingerprint density at radius 2 is 1.83 bits per heavy atom. The molecule has 1 atom stereocenters. The summed E-state index contributed by atoms with van der Waals surface area (Å²) in [6.07, 6.45) is 6.29. The van der Waals surface area contributed by atoms with Crippen LogP contribution in [0.25, 0.3) is 0 Å². The SMILES string of the molecule is Cc1cc(C)c(S(=O)(=O)N2CCCC[C@@H]2c2cccnc2)c(C)c1. The molecule has 2 heterocycles. The molecule has 1 aliphatic rings. The van der Waals surface area contributed by atoms with Gasteiger partial charge in [0, 0.05) is 18.9 Å². The number of pyridine rings is 1. The molecule has 0 radical (unpaired) electrons. The molecule has 0 aliphatic carbocycles. The molecule has 0 bridgehead atoms. The van der Waals surface area contributed by atoms with Crippen LogP contribution in [0.15, 0.2) is 41.6 Å². The minimum Gasteiger partial charge on any atom is -0.264 e. The molecule has 1 aromatic carbocycles. The van der Waals surface area contributed by atoms with Crippen LogP contribution in [0.1, 0.15) is 47.6 Å². The highest BCUT2D eigenvalue weighted by Gasteiger charge is 2.36. The number of hydrogen-bond acceptors (Lipinski definition) is 3. The lowest BCUT2D eigenvalue weighted by Gasteiger charge is -2.35. The molecular weight excluding hydrogens is 320 g/mol. The van der Waals surface area contributed by atoms with Crippen LogP contribution in [-0.2, 0) is 10.0 Å². The second-order valence-electron chi connectivity index (χ2n) is 6.64. The maximum absolute atomic E-state index is 13.4. The average Bonchev–Trinajstić information content (AvgIpc) is 2.54. The number of aromatic nitrogens is 1. The lowest BCUT2D eigenvalue weighted by atomic mass is 9.99. The van der Waals surface area contributed by atoms with Crippen molar-refractivity contribution in [3.63, 3.8) is 0 Å². The van der Waals surface area contributed by atoms with Crippen molar-refractivity contribution in [2.45, 2.75) is 51.0 Å². The van der Waals surface area contributed by atoms with E-state index < -0.39 is 10.0 Å². The smallest absolute Gasteiger partial charge is 0.244 e. The summed E-state index contributed by atoms with van der Waals surface area (Å²) >= 11 is 0. The van der Waals surface area contributed by atoms with Gasteiger partial charge in [0.1, 0.15) is 0 Å². The zero-order valence-electron chi connectivity index (χ0n) is 14.5. The lowest BCUT2D eigenvalue weighted by Crippen LogP contribution is -2.39. The van der Waals surface area contributed by atoms with E-state index in [1.807, 2.05) is 45.0 Å². The number of hydrogen-bond donors (Lipinski definition) is 0. The van der Waals surface area contributed by atoms with Crippen molar-refractivity contribution in [1.82, 2.24) is 9.29 Å². The third-order valence-electron chi connectivity index (χ3n) is 4.69. The summed E-state index contributed by atoms with van der Waals surface area (Å²) in [6.45, 7) is 6.33. The Morgan fingerprint density at radius 3 is 2.46 bits per heavy atom. The molecule has 1 aliphatic heterocycles. The Hall–Kier alpha value is -1.72. The maximum atomic E-state index is 13.4. The van der Waals surface area contributed by atoms with E-state index in [0.29, 0.717) is 11.4 Å². The Kier molecular flexibility index (Phi) is 4.74. The number of benzene rings is 1. The van der Waals surface area contributed by atoms with E-state index in [1.165, 1.54) is 0 Å². The molecule has 0 saturated carbocycles. The summed E-state index contributed by atoms with van der Waals surface area (Å²) in [5, 5.41) is 0. The molecule has 1 fully saturated rings. The minimum atomic E-state index is -3.53. The Bertz CT molecular complexity index is 809. The van der Waals surface area contributed by atoms with Gasteiger partial charge >= 0.3 is 0 Å². The van der Waals surface area contributed by atoms with Gasteiger partial charge in [0.15, 0.2) is 0 Å². The normalized spacial score (nSPS) is 19.4. The van der Waals surface area contributed by atoms with E-state index in [-0.39, 0.29) is 6.04 Å². The standard InChI is InChI=1S/C19H24N2O2S/c1-14-11-15(2)19(16(3)12-14)24(22,23)21-10-5-4-8-18(21)17-7-6-9-20-13-17/h6-7,9,11-13,18H,4-5,8,10H2,1-3H3/t18-/m1/s1. The number of aryl methyl sites for hydroxylation is 3. The van der Waals surface area contributed by atoms with E-state index in [0.717, 1.165) is 41.5 Å². The van der Waals surface area contributed by atoms with Gasteiger partial charge in [0.05, 0.1) is 10.9 Å². The van der Waals surface area contributed by atoms with Gasteiger partial charge in [-0.3, -0.25) is 4.98 Å². The number of sulfonamides is 1.